The molecule has 23 heavy (non-hydrogen) atoms. The van der Waals surface area contributed by atoms with Crippen LogP contribution in [0.5, 0.6) is 0 Å². The lowest BCUT2D eigenvalue weighted by atomic mass is 9.99. The smallest absolute Gasteiger partial charge is 0.229 e. The summed E-state index contributed by atoms with van der Waals surface area (Å²) in [6.45, 7) is 3.41. The van der Waals surface area contributed by atoms with Crippen molar-refractivity contribution >= 4 is 11.6 Å². The first-order chi connectivity index (χ1) is 10.8. The SMILES string of the molecule is Cc1cc(F)cc(N(C)C(=O)[C@@H](C)Cc2cc(F)cc(F)c2)c1. The Bertz CT molecular complexity index is 690. The van der Waals surface area contributed by atoms with Crippen molar-refractivity contribution in [1.82, 2.24) is 0 Å². The molecule has 0 saturated heterocycles. The number of rotatable bonds is 4. The maximum absolute atomic E-state index is 13.5. The number of hydrogen-bond acceptors (Lipinski definition) is 1. The average molecular weight is 321 g/mol. The van der Waals surface area contributed by atoms with Crippen LogP contribution >= 0.6 is 0 Å². The number of aryl methyl sites for hydroxylation is 1. The van der Waals surface area contributed by atoms with Crippen molar-refractivity contribution in [3.8, 4) is 0 Å². The monoisotopic (exact) mass is 321 g/mol. The van der Waals surface area contributed by atoms with Gasteiger partial charge in [0.05, 0.1) is 0 Å². The normalized spacial score (nSPS) is 12.1. The molecule has 122 valence electrons. The fourth-order valence-electron chi connectivity index (χ4n) is 2.54. The summed E-state index contributed by atoms with van der Waals surface area (Å²) in [5.74, 6) is -2.51. The summed E-state index contributed by atoms with van der Waals surface area (Å²) in [6.07, 6.45) is 0.201. The topological polar surface area (TPSA) is 20.3 Å². The summed E-state index contributed by atoms with van der Waals surface area (Å²) < 4.78 is 39.9. The van der Waals surface area contributed by atoms with E-state index in [2.05, 4.69) is 0 Å². The third kappa shape index (κ3) is 4.34. The van der Waals surface area contributed by atoms with E-state index in [-0.39, 0.29) is 12.3 Å². The molecule has 0 heterocycles. The van der Waals surface area contributed by atoms with Crippen LogP contribution in [0.4, 0.5) is 18.9 Å². The predicted octanol–water partition coefficient (Wildman–Crippen LogP) is 4.25. The molecule has 2 rings (SSSR count). The lowest BCUT2D eigenvalue weighted by molar-refractivity contribution is -0.121. The molecule has 0 unspecified atom stereocenters. The van der Waals surface area contributed by atoms with Gasteiger partial charge in [-0.2, -0.15) is 0 Å². The summed E-state index contributed by atoms with van der Waals surface area (Å²) >= 11 is 0. The van der Waals surface area contributed by atoms with Crippen LogP contribution in [0.15, 0.2) is 36.4 Å². The fraction of sp³-hybridized carbons (Fsp3) is 0.278. The Labute approximate surface area is 133 Å². The lowest BCUT2D eigenvalue weighted by Gasteiger charge is -2.22. The molecule has 2 aromatic rings. The number of nitrogens with zero attached hydrogens (tertiary/aromatic N) is 1. The predicted molar refractivity (Wildman–Crippen MR) is 83.8 cm³/mol. The van der Waals surface area contributed by atoms with Gasteiger partial charge in [-0.25, -0.2) is 13.2 Å². The van der Waals surface area contributed by atoms with Crippen molar-refractivity contribution in [3.63, 3.8) is 0 Å². The van der Waals surface area contributed by atoms with Crippen molar-refractivity contribution in [2.75, 3.05) is 11.9 Å². The fourth-order valence-corrected chi connectivity index (χ4v) is 2.54. The zero-order valence-electron chi connectivity index (χ0n) is 13.2. The minimum Gasteiger partial charge on any atom is -0.315 e. The van der Waals surface area contributed by atoms with Crippen molar-refractivity contribution in [2.24, 2.45) is 5.92 Å². The Kier molecular flexibility index (Phi) is 5.08. The Hall–Kier alpha value is -2.30. The van der Waals surface area contributed by atoms with Gasteiger partial charge in [0.2, 0.25) is 5.91 Å². The van der Waals surface area contributed by atoms with E-state index >= 15 is 0 Å². The van der Waals surface area contributed by atoms with Gasteiger partial charge >= 0.3 is 0 Å². The van der Waals surface area contributed by atoms with Crippen molar-refractivity contribution < 1.29 is 18.0 Å². The van der Waals surface area contributed by atoms with Gasteiger partial charge in [-0.15, -0.1) is 0 Å². The second kappa shape index (κ2) is 6.86. The van der Waals surface area contributed by atoms with Crippen LogP contribution < -0.4 is 4.90 Å². The van der Waals surface area contributed by atoms with Crippen LogP contribution in [0.3, 0.4) is 0 Å². The van der Waals surface area contributed by atoms with Crippen molar-refractivity contribution in [2.45, 2.75) is 20.3 Å². The molecule has 0 fully saturated rings. The van der Waals surface area contributed by atoms with E-state index in [1.165, 1.54) is 29.2 Å². The molecule has 2 nitrogen and oxygen atoms in total. The van der Waals surface area contributed by atoms with Crippen LogP contribution in [0.2, 0.25) is 0 Å². The number of carbonyl (C=O) groups is 1. The maximum Gasteiger partial charge on any atom is 0.229 e. The number of benzene rings is 2. The molecule has 1 atom stereocenters. The zero-order valence-corrected chi connectivity index (χ0v) is 13.2. The van der Waals surface area contributed by atoms with E-state index in [1.54, 1.807) is 27.0 Å². The first kappa shape index (κ1) is 17.1. The highest BCUT2D eigenvalue weighted by molar-refractivity contribution is 5.94. The summed E-state index contributed by atoms with van der Waals surface area (Å²) in [7, 11) is 1.55. The van der Waals surface area contributed by atoms with Gasteiger partial charge in [-0.05, 0) is 54.8 Å². The van der Waals surface area contributed by atoms with Crippen LogP contribution in [-0.4, -0.2) is 13.0 Å². The van der Waals surface area contributed by atoms with E-state index in [9.17, 15) is 18.0 Å². The molecule has 0 bridgehead atoms. The molecule has 0 spiro atoms. The molecule has 0 radical (unpaired) electrons. The molecule has 0 aliphatic carbocycles. The first-order valence-corrected chi connectivity index (χ1v) is 7.26. The molecule has 5 heteroatoms. The number of anilines is 1. The molecule has 2 aromatic carbocycles. The Balaban J connectivity index is 2.15. The third-order valence-electron chi connectivity index (χ3n) is 3.63. The summed E-state index contributed by atoms with van der Waals surface area (Å²) in [6, 6.07) is 7.56. The average Bonchev–Trinajstić information content (AvgIpc) is 2.43. The largest absolute Gasteiger partial charge is 0.315 e. The van der Waals surface area contributed by atoms with Crippen LogP contribution in [0, 0.1) is 30.3 Å². The quantitative estimate of drug-likeness (QED) is 0.824. The van der Waals surface area contributed by atoms with Gasteiger partial charge in [0.15, 0.2) is 0 Å². The van der Waals surface area contributed by atoms with Gasteiger partial charge in [-0.3, -0.25) is 4.79 Å². The van der Waals surface area contributed by atoms with Crippen LogP contribution in [0.25, 0.3) is 0 Å². The van der Waals surface area contributed by atoms with E-state index in [4.69, 9.17) is 0 Å². The minimum atomic E-state index is -0.672. The van der Waals surface area contributed by atoms with Gasteiger partial charge in [-0.1, -0.05) is 6.92 Å². The number of carbonyl (C=O) groups excluding carboxylic acids is 1. The van der Waals surface area contributed by atoms with Gasteiger partial charge in [0.1, 0.15) is 17.5 Å². The van der Waals surface area contributed by atoms with Crippen LogP contribution in [0.1, 0.15) is 18.1 Å². The summed E-state index contributed by atoms with van der Waals surface area (Å²) in [5, 5.41) is 0. The molecule has 0 saturated carbocycles. The molecule has 0 aliphatic heterocycles. The minimum absolute atomic E-state index is 0.201. The van der Waals surface area contributed by atoms with E-state index in [0.717, 1.165) is 6.07 Å². The Morgan fingerprint density at radius 2 is 1.57 bits per heavy atom. The highest BCUT2D eigenvalue weighted by atomic mass is 19.1. The van der Waals surface area contributed by atoms with E-state index in [0.29, 0.717) is 16.8 Å². The Morgan fingerprint density at radius 1 is 1.00 bits per heavy atom. The number of amides is 1. The van der Waals surface area contributed by atoms with Crippen LogP contribution in [-0.2, 0) is 11.2 Å². The zero-order chi connectivity index (χ0) is 17.1. The molecule has 1 amide bonds. The number of hydrogen-bond donors (Lipinski definition) is 0. The molecule has 0 N–H and O–H groups in total. The van der Waals surface area contributed by atoms with Crippen molar-refractivity contribution in [1.29, 1.82) is 0 Å². The second-order valence-corrected chi connectivity index (χ2v) is 5.77. The molecular formula is C18H18F3NO. The summed E-state index contributed by atoms with van der Waals surface area (Å²) in [5.41, 5.74) is 1.57. The van der Waals surface area contributed by atoms with Gasteiger partial charge < -0.3 is 4.90 Å². The summed E-state index contributed by atoms with van der Waals surface area (Å²) in [4.78, 5) is 13.8. The lowest BCUT2D eigenvalue weighted by Crippen LogP contribution is -2.32. The highest BCUT2D eigenvalue weighted by Gasteiger charge is 2.20. The highest BCUT2D eigenvalue weighted by Crippen LogP contribution is 2.21. The Morgan fingerprint density at radius 3 is 2.13 bits per heavy atom. The van der Waals surface area contributed by atoms with Gasteiger partial charge in [0.25, 0.3) is 0 Å². The maximum atomic E-state index is 13.5. The molecule has 0 aliphatic rings. The number of halogens is 3. The molecular weight excluding hydrogens is 303 g/mol. The molecule has 0 aromatic heterocycles. The first-order valence-electron chi connectivity index (χ1n) is 7.26. The second-order valence-electron chi connectivity index (χ2n) is 5.77. The van der Waals surface area contributed by atoms with Gasteiger partial charge in [0, 0.05) is 24.7 Å². The van der Waals surface area contributed by atoms with E-state index in [1.807, 2.05) is 0 Å². The standard InChI is InChI=1S/C18H18F3NO/c1-11-4-14(19)10-17(5-11)22(3)18(23)12(2)6-13-7-15(20)9-16(21)8-13/h4-5,7-10,12H,6H2,1-3H3/t12-/m0/s1. The van der Waals surface area contributed by atoms with Crippen molar-refractivity contribution in [3.05, 3.63) is 65.0 Å². The van der Waals surface area contributed by atoms with E-state index < -0.39 is 23.4 Å². The third-order valence-corrected chi connectivity index (χ3v) is 3.63.